The number of carbonyl (C=O) groups excluding carboxylic acids is 3. The fourth-order valence-corrected chi connectivity index (χ4v) is 4.12. The molecule has 3 aliphatic heterocycles. The van der Waals surface area contributed by atoms with Crippen molar-refractivity contribution in [3.05, 3.63) is 34.9 Å². The zero-order valence-electron chi connectivity index (χ0n) is 14.7. The SMILES string of the molecule is O=C1CCC(N2Cc3cccc(CN[C@@H]4CCCNC4)c3C2=O)C(=O)N1. The molecule has 3 amide bonds. The highest BCUT2D eigenvalue weighted by Gasteiger charge is 2.39. The van der Waals surface area contributed by atoms with Crippen molar-refractivity contribution in [1.82, 2.24) is 20.9 Å². The number of hydrogen-bond acceptors (Lipinski definition) is 5. The molecule has 1 unspecified atom stereocenters. The van der Waals surface area contributed by atoms with Crippen LogP contribution < -0.4 is 16.0 Å². The largest absolute Gasteiger partial charge is 0.322 e. The smallest absolute Gasteiger partial charge is 0.255 e. The molecule has 7 heteroatoms. The van der Waals surface area contributed by atoms with Crippen LogP contribution in [0.15, 0.2) is 18.2 Å². The van der Waals surface area contributed by atoms with E-state index in [-0.39, 0.29) is 24.1 Å². The van der Waals surface area contributed by atoms with E-state index in [1.807, 2.05) is 18.2 Å². The molecule has 0 radical (unpaired) electrons. The number of imide groups is 1. The van der Waals surface area contributed by atoms with Crippen molar-refractivity contribution in [3.63, 3.8) is 0 Å². The van der Waals surface area contributed by atoms with E-state index in [1.165, 1.54) is 0 Å². The minimum Gasteiger partial charge on any atom is -0.322 e. The van der Waals surface area contributed by atoms with E-state index >= 15 is 0 Å². The second-order valence-corrected chi connectivity index (χ2v) is 7.28. The predicted molar refractivity (Wildman–Crippen MR) is 95.2 cm³/mol. The summed E-state index contributed by atoms with van der Waals surface area (Å²) in [5.74, 6) is -0.731. The van der Waals surface area contributed by atoms with Crippen LogP contribution in [0, 0.1) is 0 Å². The molecule has 0 saturated carbocycles. The Hall–Kier alpha value is -2.25. The molecule has 138 valence electrons. The summed E-state index contributed by atoms with van der Waals surface area (Å²) in [4.78, 5) is 38.2. The van der Waals surface area contributed by atoms with Crippen LogP contribution in [0.1, 0.15) is 47.2 Å². The summed E-state index contributed by atoms with van der Waals surface area (Å²) in [6.07, 6.45) is 2.97. The minimum atomic E-state index is -0.559. The van der Waals surface area contributed by atoms with Crippen molar-refractivity contribution in [1.29, 1.82) is 0 Å². The molecule has 2 fully saturated rings. The molecule has 2 atom stereocenters. The fraction of sp³-hybridized carbons (Fsp3) is 0.526. The first-order valence-electron chi connectivity index (χ1n) is 9.33. The fourth-order valence-electron chi connectivity index (χ4n) is 4.12. The Kier molecular flexibility index (Phi) is 4.74. The van der Waals surface area contributed by atoms with Gasteiger partial charge in [0, 0.05) is 37.7 Å². The third-order valence-electron chi connectivity index (χ3n) is 5.52. The van der Waals surface area contributed by atoms with Gasteiger partial charge in [0.05, 0.1) is 0 Å². The maximum Gasteiger partial charge on any atom is 0.255 e. The molecule has 3 N–H and O–H groups in total. The molecule has 1 aromatic rings. The summed E-state index contributed by atoms with van der Waals surface area (Å²) < 4.78 is 0. The van der Waals surface area contributed by atoms with E-state index in [9.17, 15) is 14.4 Å². The van der Waals surface area contributed by atoms with Crippen molar-refractivity contribution in [3.8, 4) is 0 Å². The van der Waals surface area contributed by atoms with E-state index in [0.29, 0.717) is 31.1 Å². The predicted octanol–water partition coefficient (Wildman–Crippen LogP) is 0.289. The lowest BCUT2D eigenvalue weighted by Gasteiger charge is -2.29. The average Bonchev–Trinajstić information content (AvgIpc) is 2.98. The summed E-state index contributed by atoms with van der Waals surface area (Å²) in [7, 11) is 0. The number of rotatable bonds is 4. The van der Waals surface area contributed by atoms with Gasteiger partial charge in [-0.2, -0.15) is 0 Å². The standard InChI is InChI=1S/C19H24N4O3/c24-16-7-6-15(18(25)22-16)23-11-13-4-1-3-12(17(13)19(23)26)9-21-14-5-2-8-20-10-14/h1,3-4,14-15,20-21H,2,5-11H2,(H,22,24,25)/t14-,15?/m1/s1. The topological polar surface area (TPSA) is 90.5 Å². The highest BCUT2D eigenvalue weighted by molar-refractivity contribution is 6.05. The molecule has 3 heterocycles. The summed E-state index contributed by atoms with van der Waals surface area (Å²) in [5, 5.41) is 9.27. The summed E-state index contributed by atoms with van der Waals surface area (Å²) in [5.41, 5.74) is 2.65. The van der Waals surface area contributed by atoms with Gasteiger partial charge < -0.3 is 15.5 Å². The molecule has 1 aromatic carbocycles. The highest BCUT2D eigenvalue weighted by atomic mass is 16.2. The van der Waals surface area contributed by atoms with E-state index in [2.05, 4.69) is 16.0 Å². The van der Waals surface area contributed by atoms with Gasteiger partial charge in [0.15, 0.2) is 0 Å². The maximum absolute atomic E-state index is 13.0. The molecule has 4 rings (SSSR count). The molecule has 7 nitrogen and oxygen atoms in total. The normalized spacial score (nSPS) is 26.0. The molecule has 0 aromatic heterocycles. The summed E-state index contributed by atoms with van der Waals surface area (Å²) in [6, 6.07) is 5.76. The van der Waals surface area contributed by atoms with Gasteiger partial charge >= 0.3 is 0 Å². The van der Waals surface area contributed by atoms with Crippen LogP contribution in [-0.2, 0) is 22.7 Å². The van der Waals surface area contributed by atoms with Crippen molar-refractivity contribution < 1.29 is 14.4 Å². The Labute approximate surface area is 152 Å². The first-order chi connectivity index (χ1) is 12.6. The molecule has 3 aliphatic rings. The van der Waals surface area contributed by atoms with Crippen LogP contribution in [-0.4, -0.2) is 47.8 Å². The molecule has 2 saturated heterocycles. The first kappa shape index (κ1) is 17.2. The van der Waals surface area contributed by atoms with Crippen LogP contribution in [0.25, 0.3) is 0 Å². The van der Waals surface area contributed by atoms with Crippen LogP contribution in [0.5, 0.6) is 0 Å². The number of piperidine rings is 2. The van der Waals surface area contributed by atoms with Crippen LogP contribution >= 0.6 is 0 Å². The Morgan fingerprint density at radius 1 is 1.19 bits per heavy atom. The average molecular weight is 356 g/mol. The van der Waals surface area contributed by atoms with E-state index in [0.717, 1.165) is 37.1 Å². The zero-order chi connectivity index (χ0) is 18.1. The lowest BCUT2D eigenvalue weighted by molar-refractivity contribution is -0.136. The molecular weight excluding hydrogens is 332 g/mol. The van der Waals surface area contributed by atoms with Crippen LogP contribution in [0.2, 0.25) is 0 Å². The van der Waals surface area contributed by atoms with Gasteiger partial charge in [-0.05, 0) is 36.9 Å². The van der Waals surface area contributed by atoms with Crippen molar-refractivity contribution in [2.75, 3.05) is 13.1 Å². The number of fused-ring (bicyclic) bond motifs is 1. The second kappa shape index (κ2) is 7.17. The van der Waals surface area contributed by atoms with Crippen LogP contribution in [0.3, 0.4) is 0 Å². The van der Waals surface area contributed by atoms with Gasteiger partial charge in [-0.25, -0.2) is 0 Å². The Morgan fingerprint density at radius 2 is 2.08 bits per heavy atom. The molecule has 0 aliphatic carbocycles. The number of benzene rings is 1. The van der Waals surface area contributed by atoms with Gasteiger partial charge in [0.2, 0.25) is 11.8 Å². The monoisotopic (exact) mass is 356 g/mol. The van der Waals surface area contributed by atoms with Crippen molar-refractivity contribution in [2.45, 2.75) is 50.9 Å². The summed E-state index contributed by atoms with van der Waals surface area (Å²) in [6.45, 7) is 3.09. The van der Waals surface area contributed by atoms with Gasteiger partial charge in [-0.15, -0.1) is 0 Å². The van der Waals surface area contributed by atoms with E-state index in [4.69, 9.17) is 0 Å². The number of amides is 3. The molecular formula is C19H24N4O3. The second-order valence-electron chi connectivity index (χ2n) is 7.28. The number of hydrogen-bond donors (Lipinski definition) is 3. The lowest BCUT2D eigenvalue weighted by Crippen LogP contribution is -2.52. The van der Waals surface area contributed by atoms with Gasteiger partial charge in [0.1, 0.15) is 6.04 Å². The van der Waals surface area contributed by atoms with Crippen molar-refractivity contribution in [2.24, 2.45) is 0 Å². The van der Waals surface area contributed by atoms with Gasteiger partial charge in [-0.1, -0.05) is 18.2 Å². The molecule has 0 spiro atoms. The minimum absolute atomic E-state index is 0.103. The Balaban J connectivity index is 1.49. The number of nitrogens with zero attached hydrogens (tertiary/aromatic N) is 1. The van der Waals surface area contributed by atoms with Crippen LogP contribution in [0.4, 0.5) is 0 Å². The lowest BCUT2D eigenvalue weighted by atomic mass is 10.0. The Bertz CT molecular complexity index is 742. The highest BCUT2D eigenvalue weighted by Crippen LogP contribution is 2.29. The number of carbonyl (C=O) groups is 3. The number of nitrogens with one attached hydrogen (secondary N) is 3. The molecule has 26 heavy (non-hydrogen) atoms. The maximum atomic E-state index is 13.0. The van der Waals surface area contributed by atoms with Gasteiger partial charge in [0.25, 0.3) is 5.91 Å². The van der Waals surface area contributed by atoms with Gasteiger partial charge in [-0.3, -0.25) is 19.7 Å². The Morgan fingerprint density at radius 3 is 2.85 bits per heavy atom. The van der Waals surface area contributed by atoms with E-state index < -0.39 is 6.04 Å². The molecule has 0 bridgehead atoms. The summed E-state index contributed by atoms with van der Waals surface area (Å²) >= 11 is 0. The quantitative estimate of drug-likeness (QED) is 0.675. The van der Waals surface area contributed by atoms with E-state index in [1.54, 1.807) is 4.90 Å². The van der Waals surface area contributed by atoms with Crippen molar-refractivity contribution >= 4 is 17.7 Å². The zero-order valence-corrected chi connectivity index (χ0v) is 14.7. The first-order valence-corrected chi connectivity index (χ1v) is 9.33. The third-order valence-corrected chi connectivity index (χ3v) is 5.52. The third kappa shape index (κ3) is 3.24.